The van der Waals surface area contributed by atoms with Gasteiger partial charge in [0, 0.05) is 18.0 Å². The van der Waals surface area contributed by atoms with Gasteiger partial charge in [0.05, 0.1) is 5.52 Å². The van der Waals surface area contributed by atoms with Crippen molar-refractivity contribution in [1.29, 1.82) is 0 Å². The third kappa shape index (κ3) is 2.61. The molecule has 2 rings (SSSR count). The number of Topliss-reactive ketones (excluding diaryl/α,β-unsaturated/α-hetero) is 1. The van der Waals surface area contributed by atoms with Crippen LogP contribution in [0.25, 0.3) is 10.9 Å². The first-order valence-electron chi connectivity index (χ1n) is 4.90. The van der Waals surface area contributed by atoms with Crippen molar-refractivity contribution in [2.24, 2.45) is 0 Å². The lowest BCUT2D eigenvalue weighted by atomic mass is 10.1. The third-order valence-corrected chi connectivity index (χ3v) is 2.33. The molecule has 0 amide bonds. The average molecular weight is 239 g/mol. The fraction of sp³-hybridized carbons (Fsp3) is 0.167. The molecule has 5 heteroatoms. The molecule has 1 heterocycles. The molecular formula is C12H8F3NO. The van der Waals surface area contributed by atoms with Crippen LogP contribution in [0.4, 0.5) is 13.2 Å². The van der Waals surface area contributed by atoms with Crippen LogP contribution in [0.1, 0.15) is 5.56 Å². The lowest BCUT2D eigenvalue weighted by molar-refractivity contribution is -0.170. The Balaban J connectivity index is 2.29. The van der Waals surface area contributed by atoms with Crippen LogP contribution in [0.15, 0.2) is 36.5 Å². The lowest BCUT2D eigenvalue weighted by Gasteiger charge is -2.05. The Morgan fingerprint density at radius 3 is 2.65 bits per heavy atom. The van der Waals surface area contributed by atoms with E-state index in [1.54, 1.807) is 30.3 Å². The first kappa shape index (κ1) is 11.6. The van der Waals surface area contributed by atoms with Crippen LogP contribution >= 0.6 is 0 Å². The number of pyridine rings is 1. The molecule has 0 radical (unpaired) electrons. The Kier molecular flexibility index (Phi) is 2.83. The number of ketones is 1. The van der Waals surface area contributed by atoms with Crippen molar-refractivity contribution in [3.63, 3.8) is 0 Å². The van der Waals surface area contributed by atoms with Crippen molar-refractivity contribution in [2.45, 2.75) is 12.6 Å². The number of carbonyl (C=O) groups excluding carboxylic acids is 1. The molecule has 0 saturated carbocycles. The van der Waals surface area contributed by atoms with Gasteiger partial charge in [0.25, 0.3) is 0 Å². The first-order chi connectivity index (χ1) is 7.97. The van der Waals surface area contributed by atoms with Gasteiger partial charge in [0.2, 0.25) is 5.78 Å². The van der Waals surface area contributed by atoms with Crippen LogP contribution in [-0.2, 0) is 11.2 Å². The number of nitrogens with zero attached hydrogens (tertiary/aromatic N) is 1. The smallest absolute Gasteiger partial charge is 0.289 e. The summed E-state index contributed by atoms with van der Waals surface area (Å²) in [5, 5.41) is 0.722. The van der Waals surface area contributed by atoms with E-state index in [2.05, 4.69) is 4.98 Å². The Morgan fingerprint density at radius 2 is 1.94 bits per heavy atom. The van der Waals surface area contributed by atoms with Crippen molar-refractivity contribution < 1.29 is 18.0 Å². The van der Waals surface area contributed by atoms with Gasteiger partial charge < -0.3 is 0 Å². The maximum Gasteiger partial charge on any atom is 0.450 e. The molecule has 0 aliphatic rings. The fourth-order valence-electron chi connectivity index (χ4n) is 1.50. The number of aromatic nitrogens is 1. The summed E-state index contributed by atoms with van der Waals surface area (Å²) >= 11 is 0. The maximum absolute atomic E-state index is 12.1. The molecule has 0 saturated heterocycles. The molecule has 2 nitrogen and oxygen atoms in total. The predicted molar refractivity (Wildman–Crippen MR) is 56.5 cm³/mol. The zero-order valence-corrected chi connectivity index (χ0v) is 8.66. The molecule has 0 fully saturated rings. The molecule has 1 aromatic heterocycles. The van der Waals surface area contributed by atoms with Crippen LogP contribution in [-0.4, -0.2) is 16.9 Å². The number of para-hydroxylation sites is 1. The lowest BCUT2D eigenvalue weighted by Crippen LogP contribution is -2.24. The summed E-state index contributed by atoms with van der Waals surface area (Å²) in [4.78, 5) is 14.8. The second-order valence-electron chi connectivity index (χ2n) is 3.63. The number of benzene rings is 1. The third-order valence-electron chi connectivity index (χ3n) is 2.33. The minimum absolute atomic E-state index is 0.269. The summed E-state index contributed by atoms with van der Waals surface area (Å²) in [5.41, 5.74) is 0.960. The Labute approximate surface area is 95.1 Å². The normalized spacial score (nSPS) is 11.7. The monoisotopic (exact) mass is 239 g/mol. The SMILES string of the molecule is O=C(Cc1cnc2ccccc2c1)C(F)(F)F. The summed E-state index contributed by atoms with van der Waals surface area (Å²) < 4.78 is 36.2. The van der Waals surface area contributed by atoms with Crippen molar-refractivity contribution in [1.82, 2.24) is 4.98 Å². The highest BCUT2D eigenvalue weighted by molar-refractivity contribution is 5.87. The van der Waals surface area contributed by atoms with E-state index in [0.29, 0.717) is 5.52 Å². The van der Waals surface area contributed by atoms with Gasteiger partial charge >= 0.3 is 6.18 Å². The molecule has 0 bridgehead atoms. The van der Waals surface area contributed by atoms with E-state index in [0.717, 1.165) is 5.39 Å². The Bertz CT molecular complexity index is 563. The van der Waals surface area contributed by atoms with Gasteiger partial charge in [-0.1, -0.05) is 18.2 Å². The molecule has 88 valence electrons. The van der Waals surface area contributed by atoms with E-state index in [9.17, 15) is 18.0 Å². The highest BCUT2D eigenvalue weighted by Gasteiger charge is 2.37. The van der Waals surface area contributed by atoms with Gasteiger partial charge in [-0.2, -0.15) is 13.2 Å². The van der Waals surface area contributed by atoms with Gasteiger partial charge in [0.1, 0.15) is 0 Å². The summed E-state index contributed by atoms with van der Waals surface area (Å²) in [7, 11) is 0. The molecule has 0 N–H and O–H groups in total. The summed E-state index contributed by atoms with van der Waals surface area (Å²) in [6.45, 7) is 0. The topological polar surface area (TPSA) is 30.0 Å². The van der Waals surface area contributed by atoms with Crippen LogP contribution in [0.3, 0.4) is 0 Å². The number of hydrogen-bond donors (Lipinski definition) is 0. The molecule has 0 aliphatic carbocycles. The van der Waals surface area contributed by atoms with Crippen molar-refractivity contribution in [3.8, 4) is 0 Å². The van der Waals surface area contributed by atoms with E-state index in [-0.39, 0.29) is 5.56 Å². The van der Waals surface area contributed by atoms with E-state index in [1.165, 1.54) is 6.20 Å². The zero-order valence-electron chi connectivity index (χ0n) is 8.66. The minimum Gasteiger partial charge on any atom is -0.289 e. The maximum atomic E-state index is 12.1. The molecule has 17 heavy (non-hydrogen) atoms. The molecule has 0 unspecified atom stereocenters. The van der Waals surface area contributed by atoms with E-state index in [1.807, 2.05) is 0 Å². The number of carbonyl (C=O) groups is 1. The molecule has 0 aliphatic heterocycles. The largest absolute Gasteiger partial charge is 0.450 e. The summed E-state index contributed by atoms with van der Waals surface area (Å²) in [6.07, 6.45) is -4.15. The number of fused-ring (bicyclic) bond motifs is 1. The second-order valence-corrected chi connectivity index (χ2v) is 3.63. The van der Waals surface area contributed by atoms with Crippen LogP contribution in [0.5, 0.6) is 0 Å². The van der Waals surface area contributed by atoms with E-state index >= 15 is 0 Å². The molecule has 1 aromatic carbocycles. The highest BCUT2D eigenvalue weighted by atomic mass is 19.4. The van der Waals surface area contributed by atoms with Crippen LogP contribution < -0.4 is 0 Å². The number of hydrogen-bond acceptors (Lipinski definition) is 2. The number of rotatable bonds is 2. The van der Waals surface area contributed by atoms with Crippen molar-refractivity contribution in [3.05, 3.63) is 42.1 Å². The van der Waals surface area contributed by atoms with E-state index in [4.69, 9.17) is 0 Å². The molecule has 0 atom stereocenters. The van der Waals surface area contributed by atoms with Gasteiger partial charge in [0.15, 0.2) is 0 Å². The highest BCUT2D eigenvalue weighted by Crippen LogP contribution is 2.20. The first-order valence-corrected chi connectivity index (χ1v) is 4.90. The summed E-state index contributed by atoms with van der Waals surface area (Å²) in [6, 6.07) is 8.59. The summed E-state index contributed by atoms with van der Waals surface area (Å²) in [5.74, 6) is -1.76. The quantitative estimate of drug-likeness (QED) is 0.806. The Morgan fingerprint density at radius 1 is 1.24 bits per heavy atom. The number of halogens is 3. The molecular weight excluding hydrogens is 231 g/mol. The Hall–Kier alpha value is -1.91. The minimum atomic E-state index is -4.79. The van der Waals surface area contributed by atoms with Crippen molar-refractivity contribution in [2.75, 3.05) is 0 Å². The van der Waals surface area contributed by atoms with Crippen molar-refractivity contribution >= 4 is 16.7 Å². The average Bonchev–Trinajstić information content (AvgIpc) is 2.27. The second kappa shape index (κ2) is 4.16. The molecule has 2 aromatic rings. The predicted octanol–water partition coefficient (Wildman–Crippen LogP) is 2.91. The van der Waals surface area contributed by atoms with Crippen LogP contribution in [0.2, 0.25) is 0 Å². The van der Waals surface area contributed by atoms with Gasteiger partial charge in [-0.25, -0.2) is 0 Å². The molecule has 0 spiro atoms. The van der Waals surface area contributed by atoms with Gasteiger partial charge in [-0.3, -0.25) is 9.78 Å². The van der Waals surface area contributed by atoms with Gasteiger partial charge in [-0.15, -0.1) is 0 Å². The zero-order chi connectivity index (χ0) is 12.5. The standard InChI is InChI=1S/C12H8F3NO/c13-12(14,15)11(17)6-8-5-9-3-1-2-4-10(9)16-7-8/h1-5,7H,6H2. The van der Waals surface area contributed by atoms with E-state index < -0.39 is 18.4 Å². The number of alkyl halides is 3. The fourth-order valence-corrected chi connectivity index (χ4v) is 1.50. The van der Waals surface area contributed by atoms with Crippen LogP contribution in [0, 0.1) is 0 Å². The van der Waals surface area contributed by atoms with Gasteiger partial charge in [-0.05, 0) is 17.7 Å².